The summed E-state index contributed by atoms with van der Waals surface area (Å²) in [5.74, 6) is 3.07. The lowest BCUT2D eigenvalue weighted by atomic mass is 9.94. The molecule has 1 unspecified atom stereocenters. The summed E-state index contributed by atoms with van der Waals surface area (Å²) in [6.45, 7) is 17.6. The van der Waals surface area contributed by atoms with E-state index in [1.54, 1.807) is 0 Å². The van der Waals surface area contributed by atoms with Gasteiger partial charge in [-0.1, -0.05) is 20.8 Å². The lowest BCUT2D eigenvalue weighted by molar-refractivity contribution is 0.141. The zero-order valence-electron chi connectivity index (χ0n) is 17.8. The Kier molecular flexibility index (Phi) is 10.1. The van der Waals surface area contributed by atoms with Crippen LogP contribution in [0.1, 0.15) is 66.0 Å². The highest BCUT2D eigenvalue weighted by Crippen LogP contribution is 2.22. The quantitative estimate of drug-likeness (QED) is 0.361. The molecule has 1 saturated heterocycles. The maximum absolute atomic E-state index is 5.83. The number of rotatable bonds is 6. The molecular formula is C20H38IN5O. The summed E-state index contributed by atoms with van der Waals surface area (Å²) in [5.41, 5.74) is -0.0268. The maximum atomic E-state index is 5.83. The Labute approximate surface area is 182 Å². The third-order valence-electron chi connectivity index (χ3n) is 4.85. The van der Waals surface area contributed by atoms with Gasteiger partial charge in [0.1, 0.15) is 12.3 Å². The number of halogens is 1. The molecule has 1 aromatic rings. The monoisotopic (exact) mass is 491 g/mol. The zero-order valence-corrected chi connectivity index (χ0v) is 20.2. The van der Waals surface area contributed by atoms with Gasteiger partial charge >= 0.3 is 0 Å². The highest BCUT2D eigenvalue weighted by atomic mass is 127. The number of guanidine groups is 1. The van der Waals surface area contributed by atoms with Crippen molar-refractivity contribution in [2.75, 3.05) is 26.2 Å². The second-order valence-electron chi connectivity index (χ2n) is 8.54. The van der Waals surface area contributed by atoms with E-state index in [1.165, 1.54) is 25.9 Å². The van der Waals surface area contributed by atoms with E-state index in [1.807, 2.05) is 6.20 Å². The first-order chi connectivity index (χ1) is 12.3. The molecule has 0 saturated carbocycles. The van der Waals surface area contributed by atoms with Gasteiger partial charge in [0.2, 0.25) is 5.89 Å². The highest BCUT2D eigenvalue weighted by Gasteiger charge is 2.22. The standard InChI is InChI=1S/C20H37N5O.HI/c1-7-21-19(23-11-16-9-8-10-25(14-16)15(2)3)24-13-18-22-12-17(26-18)20(4,5)6;/h12,15-16H,7-11,13-14H2,1-6H3,(H2,21,23,24);1H. The van der Waals surface area contributed by atoms with Crippen LogP contribution in [0.15, 0.2) is 15.6 Å². The predicted octanol–water partition coefficient (Wildman–Crippen LogP) is 3.77. The Morgan fingerprint density at radius 1 is 1.37 bits per heavy atom. The SMILES string of the molecule is CCNC(=NCc1ncc(C(C)(C)C)o1)NCC1CCCN(C(C)C)C1.I. The molecule has 0 bridgehead atoms. The van der Waals surface area contributed by atoms with E-state index < -0.39 is 0 Å². The predicted molar refractivity (Wildman–Crippen MR) is 123 cm³/mol. The van der Waals surface area contributed by atoms with Crippen molar-refractivity contribution in [2.24, 2.45) is 10.9 Å². The van der Waals surface area contributed by atoms with Gasteiger partial charge in [0.15, 0.2) is 5.96 Å². The van der Waals surface area contributed by atoms with Crippen LogP contribution in [0.4, 0.5) is 0 Å². The van der Waals surface area contributed by atoms with E-state index in [0.717, 1.165) is 24.8 Å². The number of hydrogen-bond donors (Lipinski definition) is 2. The molecule has 1 fully saturated rings. The first-order valence-corrected chi connectivity index (χ1v) is 10.0. The summed E-state index contributed by atoms with van der Waals surface area (Å²) in [6.07, 6.45) is 4.38. The average Bonchev–Trinajstić information content (AvgIpc) is 3.07. The summed E-state index contributed by atoms with van der Waals surface area (Å²) in [4.78, 5) is 11.6. The van der Waals surface area contributed by atoms with E-state index in [4.69, 9.17) is 4.42 Å². The van der Waals surface area contributed by atoms with Gasteiger partial charge in [0, 0.05) is 31.1 Å². The van der Waals surface area contributed by atoms with Crippen molar-refractivity contribution in [1.29, 1.82) is 0 Å². The van der Waals surface area contributed by atoms with Gasteiger partial charge in [0.05, 0.1) is 6.20 Å². The molecule has 0 radical (unpaired) electrons. The Hall–Kier alpha value is -0.830. The minimum Gasteiger partial charge on any atom is -0.443 e. The smallest absolute Gasteiger partial charge is 0.216 e. The van der Waals surface area contributed by atoms with Crippen LogP contribution in [0, 0.1) is 5.92 Å². The number of nitrogens with zero attached hydrogens (tertiary/aromatic N) is 3. The van der Waals surface area contributed by atoms with Crippen molar-refractivity contribution in [3.8, 4) is 0 Å². The van der Waals surface area contributed by atoms with E-state index in [-0.39, 0.29) is 29.4 Å². The molecule has 1 aromatic heterocycles. The third-order valence-corrected chi connectivity index (χ3v) is 4.85. The Morgan fingerprint density at radius 3 is 2.70 bits per heavy atom. The Bertz CT molecular complexity index is 579. The molecule has 0 aliphatic carbocycles. The third kappa shape index (κ3) is 7.97. The van der Waals surface area contributed by atoms with Crippen molar-refractivity contribution in [1.82, 2.24) is 20.5 Å². The normalized spacial score (nSPS) is 19.1. The van der Waals surface area contributed by atoms with Crippen LogP contribution in [-0.2, 0) is 12.0 Å². The van der Waals surface area contributed by atoms with Crippen molar-refractivity contribution in [3.05, 3.63) is 17.8 Å². The molecule has 156 valence electrons. The number of aromatic nitrogens is 1. The lowest BCUT2D eigenvalue weighted by Crippen LogP contribution is -2.46. The van der Waals surface area contributed by atoms with Crippen LogP contribution in [-0.4, -0.2) is 48.1 Å². The fraction of sp³-hybridized carbons (Fsp3) is 0.800. The second-order valence-corrected chi connectivity index (χ2v) is 8.54. The molecule has 0 aromatic carbocycles. The molecule has 1 atom stereocenters. The van der Waals surface area contributed by atoms with Crippen LogP contribution >= 0.6 is 24.0 Å². The van der Waals surface area contributed by atoms with Crippen LogP contribution in [0.5, 0.6) is 0 Å². The summed E-state index contributed by atoms with van der Waals surface area (Å²) >= 11 is 0. The second kappa shape index (κ2) is 11.2. The fourth-order valence-corrected chi connectivity index (χ4v) is 3.19. The van der Waals surface area contributed by atoms with Crippen LogP contribution < -0.4 is 10.6 Å². The molecular weight excluding hydrogens is 453 g/mol. The molecule has 0 spiro atoms. The number of nitrogens with one attached hydrogen (secondary N) is 2. The summed E-state index contributed by atoms with van der Waals surface area (Å²) < 4.78 is 5.83. The fourth-order valence-electron chi connectivity index (χ4n) is 3.19. The molecule has 2 N–H and O–H groups in total. The van der Waals surface area contributed by atoms with Crippen LogP contribution in [0.2, 0.25) is 0 Å². The van der Waals surface area contributed by atoms with Crippen molar-refractivity contribution >= 4 is 29.9 Å². The minimum atomic E-state index is -0.0268. The largest absolute Gasteiger partial charge is 0.443 e. The molecule has 1 aliphatic heterocycles. The van der Waals surface area contributed by atoms with Crippen LogP contribution in [0.3, 0.4) is 0 Å². The highest BCUT2D eigenvalue weighted by molar-refractivity contribution is 14.0. The molecule has 2 heterocycles. The topological polar surface area (TPSA) is 65.7 Å². The number of likely N-dealkylation sites (tertiary alicyclic amines) is 1. The first-order valence-electron chi connectivity index (χ1n) is 10.0. The molecule has 2 rings (SSSR count). The van der Waals surface area contributed by atoms with E-state index in [0.29, 0.717) is 24.4 Å². The van der Waals surface area contributed by atoms with Gasteiger partial charge in [-0.2, -0.15) is 0 Å². The Morgan fingerprint density at radius 2 is 2.11 bits per heavy atom. The first kappa shape index (κ1) is 24.2. The number of hydrogen-bond acceptors (Lipinski definition) is 4. The number of oxazole rings is 1. The van der Waals surface area contributed by atoms with Crippen molar-refractivity contribution in [3.63, 3.8) is 0 Å². The molecule has 0 amide bonds. The molecule has 6 nitrogen and oxygen atoms in total. The lowest BCUT2D eigenvalue weighted by Gasteiger charge is -2.35. The molecule has 27 heavy (non-hydrogen) atoms. The minimum absolute atomic E-state index is 0. The van der Waals surface area contributed by atoms with E-state index in [2.05, 4.69) is 67.1 Å². The van der Waals surface area contributed by atoms with Gasteiger partial charge in [-0.15, -0.1) is 24.0 Å². The van der Waals surface area contributed by atoms with Gasteiger partial charge in [-0.3, -0.25) is 0 Å². The van der Waals surface area contributed by atoms with Crippen molar-refractivity contribution in [2.45, 2.75) is 72.4 Å². The van der Waals surface area contributed by atoms with Gasteiger partial charge in [-0.05, 0) is 46.1 Å². The maximum Gasteiger partial charge on any atom is 0.216 e. The average molecular weight is 491 g/mol. The Balaban J connectivity index is 0.00000364. The van der Waals surface area contributed by atoms with Crippen LogP contribution in [0.25, 0.3) is 0 Å². The number of piperidine rings is 1. The number of aliphatic imine (C=N–C) groups is 1. The molecule has 7 heteroatoms. The van der Waals surface area contributed by atoms with Gasteiger partial charge in [-0.25, -0.2) is 9.98 Å². The summed E-state index contributed by atoms with van der Waals surface area (Å²) in [6, 6.07) is 0.627. The zero-order chi connectivity index (χ0) is 19.2. The van der Waals surface area contributed by atoms with Gasteiger partial charge < -0.3 is 20.0 Å². The summed E-state index contributed by atoms with van der Waals surface area (Å²) in [5, 5.41) is 6.82. The van der Waals surface area contributed by atoms with E-state index >= 15 is 0 Å². The van der Waals surface area contributed by atoms with Crippen molar-refractivity contribution < 1.29 is 4.42 Å². The molecule has 1 aliphatic rings. The van der Waals surface area contributed by atoms with Gasteiger partial charge in [0.25, 0.3) is 0 Å². The van der Waals surface area contributed by atoms with E-state index in [9.17, 15) is 0 Å². The summed E-state index contributed by atoms with van der Waals surface area (Å²) in [7, 11) is 0.